The van der Waals surface area contributed by atoms with Crippen LogP contribution >= 0.6 is 0 Å². The van der Waals surface area contributed by atoms with E-state index in [4.69, 9.17) is 0 Å². The summed E-state index contributed by atoms with van der Waals surface area (Å²) in [6.45, 7) is 6.90. The second kappa shape index (κ2) is 8.92. The lowest BCUT2D eigenvalue weighted by Gasteiger charge is -2.16. The van der Waals surface area contributed by atoms with Gasteiger partial charge in [-0.3, -0.25) is 4.79 Å². The molecule has 0 spiro atoms. The van der Waals surface area contributed by atoms with E-state index < -0.39 is 21.5 Å². The van der Waals surface area contributed by atoms with Gasteiger partial charge >= 0.3 is 0 Å². The van der Waals surface area contributed by atoms with Crippen LogP contribution in [-0.4, -0.2) is 59.0 Å². The Balaban J connectivity index is 1.42. The molecule has 1 aliphatic carbocycles. The molecule has 3 N–H and O–H groups in total. The summed E-state index contributed by atoms with van der Waals surface area (Å²) in [5, 5.41) is 20.3. The van der Waals surface area contributed by atoms with Gasteiger partial charge in [0, 0.05) is 36.1 Å². The molecule has 0 saturated heterocycles. The highest BCUT2D eigenvalue weighted by atomic mass is 32.2. The van der Waals surface area contributed by atoms with E-state index in [1.54, 1.807) is 18.5 Å². The van der Waals surface area contributed by atoms with Gasteiger partial charge < -0.3 is 20.3 Å². The Morgan fingerprint density at radius 2 is 1.92 bits per heavy atom. The lowest BCUT2D eigenvalue weighted by atomic mass is 10.1. The Hall–Kier alpha value is -3.84. The summed E-state index contributed by atoms with van der Waals surface area (Å²) in [5.41, 5.74) is 0.346. The van der Waals surface area contributed by atoms with E-state index in [0.717, 1.165) is 15.0 Å². The van der Waals surface area contributed by atoms with E-state index in [0.29, 0.717) is 41.6 Å². The van der Waals surface area contributed by atoms with Gasteiger partial charge in [0.15, 0.2) is 5.82 Å². The molecule has 0 aromatic carbocycles. The molecule has 1 amide bonds. The van der Waals surface area contributed by atoms with Gasteiger partial charge in [0.2, 0.25) is 0 Å². The van der Waals surface area contributed by atoms with Crippen LogP contribution in [0.4, 0.5) is 17.3 Å². The molecule has 4 aromatic rings. The zero-order chi connectivity index (χ0) is 26.5. The van der Waals surface area contributed by atoms with Gasteiger partial charge in [-0.15, -0.1) is 0 Å². The second-order valence-corrected chi connectivity index (χ2v) is 12.0. The van der Waals surface area contributed by atoms with Crippen LogP contribution in [0.15, 0.2) is 43.1 Å². The molecule has 37 heavy (non-hydrogen) atoms. The first-order valence-corrected chi connectivity index (χ1v) is 13.4. The minimum Gasteiger partial charge on any atom is -0.381 e. The van der Waals surface area contributed by atoms with Crippen molar-refractivity contribution in [2.24, 2.45) is 0 Å². The monoisotopic (exact) mass is 524 g/mol. The number of pyridine rings is 1. The largest absolute Gasteiger partial charge is 0.381 e. The van der Waals surface area contributed by atoms with Crippen LogP contribution < -0.4 is 10.6 Å². The summed E-state index contributed by atoms with van der Waals surface area (Å²) in [5.74, 6) is 0.794. The van der Waals surface area contributed by atoms with Gasteiger partial charge in [0.05, 0.1) is 34.4 Å². The molecule has 1 fully saturated rings. The Morgan fingerprint density at radius 3 is 2.59 bits per heavy atom. The summed E-state index contributed by atoms with van der Waals surface area (Å²) in [6.07, 6.45) is 9.19. The summed E-state index contributed by atoms with van der Waals surface area (Å²) in [6, 6.07) is 3.62. The van der Waals surface area contributed by atoms with E-state index in [1.807, 2.05) is 30.7 Å². The highest BCUT2D eigenvalue weighted by Crippen LogP contribution is 2.32. The van der Waals surface area contributed by atoms with Gasteiger partial charge in [0.1, 0.15) is 17.2 Å². The van der Waals surface area contributed by atoms with Crippen LogP contribution in [-0.2, 0) is 14.8 Å². The Morgan fingerprint density at radius 1 is 1.16 bits per heavy atom. The van der Waals surface area contributed by atoms with Gasteiger partial charge in [-0.25, -0.2) is 23.4 Å². The maximum Gasteiger partial charge on any atom is 0.256 e. The van der Waals surface area contributed by atoms with Crippen LogP contribution in [0.25, 0.3) is 22.3 Å². The van der Waals surface area contributed by atoms with Crippen LogP contribution in [0.2, 0.25) is 0 Å². The summed E-state index contributed by atoms with van der Waals surface area (Å²) >= 11 is 0. The van der Waals surface area contributed by atoms with E-state index in [-0.39, 0.29) is 11.3 Å². The van der Waals surface area contributed by atoms with Crippen molar-refractivity contribution >= 4 is 44.2 Å². The van der Waals surface area contributed by atoms with E-state index >= 15 is 0 Å². The van der Waals surface area contributed by atoms with Crippen molar-refractivity contribution in [3.05, 3.63) is 43.1 Å². The number of nitrogens with one attached hydrogen (secondary N) is 2. The Labute approximate surface area is 213 Å². The highest BCUT2D eigenvalue weighted by Gasteiger charge is 2.37. The number of rotatable bonds is 8. The number of nitrogens with zero attached hydrogens (tertiary/aromatic N) is 6. The van der Waals surface area contributed by atoms with Crippen molar-refractivity contribution in [1.82, 2.24) is 28.7 Å². The van der Waals surface area contributed by atoms with Crippen molar-refractivity contribution in [2.75, 3.05) is 10.6 Å². The minimum atomic E-state index is -3.48. The first-order chi connectivity index (χ1) is 17.4. The molecule has 0 bridgehead atoms. The summed E-state index contributed by atoms with van der Waals surface area (Å²) in [4.78, 5) is 25.6. The molecule has 1 saturated carbocycles. The predicted octanol–water partition coefficient (Wildman–Crippen LogP) is 3.06. The number of aromatic nitrogens is 6. The quantitative estimate of drug-likeness (QED) is 0.315. The fourth-order valence-corrected chi connectivity index (χ4v) is 5.27. The first-order valence-electron chi connectivity index (χ1n) is 11.9. The SMILES string of the molecule is CC(C)n1cc(NC(=O)C(C)(C)O)c2cnc(Nc3ccnc(-c4cnn(S(=O)(=O)C5CC5)c4)n3)cc21. The van der Waals surface area contributed by atoms with Crippen LogP contribution in [0.3, 0.4) is 0 Å². The third kappa shape index (κ3) is 4.91. The minimum absolute atomic E-state index is 0.0969. The number of carbonyl (C=O) groups excluding carboxylic acids is 1. The second-order valence-electron chi connectivity index (χ2n) is 9.88. The molecule has 12 nitrogen and oxygen atoms in total. The van der Waals surface area contributed by atoms with Crippen LogP contribution in [0.5, 0.6) is 0 Å². The summed E-state index contributed by atoms with van der Waals surface area (Å²) in [7, 11) is -3.48. The number of aliphatic hydroxyl groups is 1. The smallest absolute Gasteiger partial charge is 0.256 e. The molecule has 0 unspecified atom stereocenters. The van der Waals surface area contributed by atoms with Crippen LogP contribution in [0, 0.1) is 0 Å². The highest BCUT2D eigenvalue weighted by molar-refractivity contribution is 7.90. The standard InChI is InChI=1S/C24H28N8O4S/c1-14(2)31-13-18(28-23(33)24(3,4)34)17-11-26-21(9-19(17)31)29-20-7-8-25-22(30-20)15-10-27-32(12-15)37(35,36)16-5-6-16/h7-14,16,34H,5-6H2,1-4H3,(H,28,33)(H,25,26,29,30). The zero-order valence-electron chi connectivity index (χ0n) is 20.9. The van der Waals surface area contributed by atoms with Crippen molar-refractivity contribution in [3.8, 4) is 11.4 Å². The first kappa shape index (κ1) is 24.8. The molecule has 0 aliphatic heterocycles. The normalized spacial score (nSPS) is 14.3. The molecule has 0 radical (unpaired) electrons. The predicted molar refractivity (Wildman–Crippen MR) is 139 cm³/mol. The fraction of sp³-hybridized carbons (Fsp3) is 0.375. The van der Waals surface area contributed by atoms with Crippen molar-refractivity contribution in [1.29, 1.82) is 0 Å². The Bertz CT molecular complexity index is 1600. The van der Waals surface area contributed by atoms with E-state index in [2.05, 4.69) is 30.7 Å². The zero-order valence-corrected chi connectivity index (χ0v) is 21.7. The number of hydrogen-bond acceptors (Lipinski definition) is 9. The van der Waals surface area contributed by atoms with Gasteiger partial charge in [0.25, 0.3) is 15.9 Å². The van der Waals surface area contributed by atoms with E-state index in [1.165, 1.54) is 26.2 Å². The molecular weight excluding hydrogens is 496 g/mol. The number of amides is 1. The topological polar surface area (TPSA) is 157 Å². The van der Waals surface area contributed by atoms with Gasteiger partial charge in [-0.2, -0.15) is 9.19 Å². The maximum atomic E-state index is 12.4. The number of fused-ring (bicyclic) bond motifs is 1. The third-order valence-corrected chi connectivity index (χ3v) is 8.05. The molecule has 194 valence electrons. The van der Waals surface area contributed by atoms with Crippen molar-refractivity contribution in [3.63, 3.8) is 0 Å². The van der Waals surface area contributed by atoms with Gasteiger partial charge in [-0.1, -0.05) is 0 Å². The number of hydrogen-bond donors (Lipinski definition) is 3. The maximum absolute atomic E-state index is 12.4. The Kier molecular flexibility index (Phi) is 5.99. The number of anilines is 3. The molecule has 1 aliphatic rings. The lowest BCUT2D eigenvalue weighted by molar-refractivity contribution is -0.130. The molecule has 0 atom stereocenters. The van der Waals surface area contributed by atoms with Crippen molar-refractivity contribution in [2.45, 2.75) is 57.4 Å². The molecule has 5 rings (SSSR count). The fourth-order valence-electron chi connectivity index (χ4n) is 3.79. The molecular formula is C24H28N8O4S. The average molecular weight is 525 g/mol. The average Bonchev–Trinajstić information content (AvgIpc) is 3.47. The summed E-state index contributed by atoms with van der Waals surface area (Å²) < 4.78 is 27.9. The van der Waals surface area contributed by atoms with Crippen LogP contribution in [0.1, 0.15) is 46.6 Å². The third-order valence-electron chi connectivity index (χ3n) is 6.02. The lowest BCUT2D eigenvalue weighted by Crippen LogP contribution is -2.36. The van der Waals surface area contributed by atoms with E-state index in [9.17, 15) is 18.3 Å². The molecule has 4 heterocycles. The number of carbonyl (C=O) groups is 1. The molecule has 13 heteroatoms. The molecule has 4 aromatic heterocycles. The van der Waals surface area contributed by atoms with Crippen molar-refractivity contribution < 1.29 is 18.3 Å². The van der Waals surface area contributed by atoms with Gasteiger partial charge in [-0.05, 0) is 46.6 Å².